The molecule has 90 valence electrons. The van der Waals surface area contributed by atoms with Crippen LogP contribution in [0.25, 0.3) is 0 Å². The minimum Gasteiger partial charge on any atom is -0.462 e. The molecule has 0 heterocycles. The lowest BCUT2D eigenvalue weighted by Gasteiger charge is -2.04. The number of esters is 1. The Labute approximate surface area is 103 Å². The second-order valence-corrected chi connectivity index (χ2v) is 3.74. The molecular weight excluding hydrogens is 212 g/mol. The second kappa shape index (κ2) is 7.44. The van der Waals surface area contributed by atoms with Crippen molar-refractivity contribution >= 4 is 5.97 Å². The van der Waals surface area contributed by atoms with E-state index in [4.69, 9.17) is 4.74 Å². The van der Waals surface area contributed by atoms with E-state index in [1.165, 1.54) is 5.56 Å². The highest BCUT2D eigenvalue weighted by Crippen LogP contribution is 2.08. The van der Waals surface area contributed by atoms with Crippen LogP contribution in [0.4, 0.5) is 0 Å². The number of carbonyl (C=O) groups is 1. The predicted octanol–water partition coefficient (Wildman–Crippen LogP) is 3.54. The standard InChI is InChI=1S/C15H18O2/c1-3-5-7-13-8-10-14(11-9-13)15(16)17-12-6-4-2/h3-4,8-11H,1-2,5-7,12H2. The van der Waals surface area contributed by atoms with E-state index in [2.05, 4.69) is 13.2 Å². The Hall–Kier alpha value is -1.83. The van der Waals surface area contributed by atoms with Crippen molar-refractivity contribution in [2.75, 3.05) is 6.61 Å². The molecule has 1 aromatic rings. The van der Waals surface area contributed by atoms with Gasteiger partial charge < -0.3 is 4.74 Å². The number of aryl methyl sites for hydroxylation is 1. The molecule has 0 N–H and O–H groups in total. The first kappa shape index (κ1) is 13.2. The first-order valence-electron chi connectivity index (χ1n) is 5.75. The van der Waals surface area contributed by atoms with Gasteiger partial charge in [0.2, 0.25) is 0 Å². The summed E-state index contributed by atoms with van der Waals surface area (Å²) in [6.45, 7) is 7.64. The van der Waals surface area contributed by atoms with Crippen LogP contribution < -0.4 is 0 Å². The largest absolute Gasteiger partial charge is 0.462 e. The molecule has 0 aromatic heterocycles. The molecule has 0 fully saturated rings. The summed E-state index contributed by atoms with van der Waals surface area (Å²) >= 11 is 0. The Morgan fingerprint density at radius 2 is 1.76 bits per heavy atom. The zero-order chi connectivity index (χ0) is 12.5. The van der Waals surface area contributed by atoms with Crippen molar-refractivity contribution in [3.05, 3.63) is 60.7 Å². The number of ether oxygens (including phenoxy) is 1. The van der Waals surface area contributed by atoms with E-state index in [0.717, 1.165) is 12.8 Å². The lowest BCUT2D eigenvalue weighted by Crippen LogP contribution is -2.05. The Kier molecular flexibility index (Phi) is 5.80. The number of hydrogen-bond donors (Lipinski definition) is 0. The second-order valence-electron chi connectivity index (χ2n) is 3.74. The first-order valence-corrected chi connectivity index (χ1v) is 5.75. The summed E-state index contributed by atoms with van der Waals surface area (Å²) in [5, 5.41) is 0. The van der Waals surface area contributed by atoms with Crippen LogP contribution in [0.5, 0.6) is 0 Å². The van der Waals surface area contributed by atoms with Crippen molar-refractivity contribution in [3.8, 4) is 0 Å². The molecule has 0 amide bonds. The minimum absolute atomic E-state index is 0.276. The van der Waals surface area contributed by atoms with Gasteiger partial charge in [-0.2, -0.15) is 0 Å². The average molecular weight is 230 g/mol. The van der Waals surface area contributed by atoms with Crippen molar-refractivity contribution < 1.29 is 9.53 Å². The molecule has 0 radical (unpaired) electrons. The molecule has 0 saturated carbocycles. The van der Waals surface area contributed by atoms with Crippen molar-refractivity contribution in [1.29, 1.82) is 0 Å². The lowest BCUT2D eigenvalue weighted by molar-refractivity contribution is 0.0512. The van der Waals surface area contributed by atoms with Crippen LogP contribution >= 0.6 is 0 Å². The molecule has 0 spiro atoms. The van der Waals surface area contributed by atoms with E-state index in [1.807, 2.05) is 18.2 Å². The van der Waals surface area contributed by atoms with Gasteiger partial charge in [0.1, 0.15) is 0 Å². The fourth-order valence-electron chi connectivity index (χ4n) is 1.39. The molecule has 0 aliphatic heterocycles. The van der Waals surface area contributed by atoms with Crippen molar-refractivity contribution in [3.63, 3.8) is 0 Å². The third-order valence-electron chi connectivity index (χ3n) is 2.38. The van der Waals surface area contributed by atoms with Crippen molar-refractivity contribution in [1.82, 2.24) is 0 Å². The summed E-state index contributed by atoms with van der Waals surface area (Å²) in [5.41, 5.74) is 1.80. The Morgan fingerprint density at radius 3 is 2.35 bits per heavy atom. The Morgan fingerprint density at radius 1 is 1.12 bits per heavy atom. The van der Waals surface area contributed by atoms with Gasteiger partial charge in [0, 0.05) is 0 Å². The maximum Gasteiger partial charge on any atom is 0.338 e. The SMILES string of the molecule is C=CCCOC(=O)c1ccc(CCC=C)cc1. The smallest absolute Gasteiger partial charge is 0.338 e. The van der Waals surface area contributed by atoms with E-state index in [1.54, 1.807) is 18.2 Å². The normalized spacial score (nSPS) is 9.65. The van der Waals surface area contributed by atoms with Gasteiger partial charge in [-0.1, -0.05) is 24.3 Å². The van der Waals surface area contributed by atoms with E-state index < -0.39 is 0 Å². The molecule has 2 nitrogen and oxygen atoms in total. The quantitative estimate of drug-likeness (QED) is 0.407. The molecule has 1 rings (SSSR count). The van der Waals surface area contributed by atoms with Crippen LogP contribution in [0.2, 0.25) is 0 Å². The predicted molar refractivity (Wildman–Crippen MR) is 70.1 cm³/mol. The van der Waals surface area contributed by atoms with E-state index in [-0.39, 0.29) is 5.97 Å². The van der Waals surface area contributed by atoms with Gasteiger partial charge in [-0.25, -0.2) is 4.79 Å². The highest BCUT2D eigenvalue weighted by molar-refractivity contribution is 5.89. The van der Waals surface area contributed by atoms with Crippen LogP contribution in [-0.4, -0.2) is 12.6 Å². The van der Waals surface area contributed by atoms with Crippen LogP contribution in [-0.2, 0) is 11.2 Å². The van der Waals surface area contributed by atoms with Crippen LogP contribution in [0.15, 0.2) is 49.6 Å². The summed E-state index contributed by atoms with van der Waals surface area (Å²) in [7, 11) is 0. The molecular formula is C15H18O2. The molecule has 0 aliphatic rings. The van der Waals surface area contributed by atoms with Gasteiger partial charge in [-0.3, -0.25) is 0 Å². The van der Waals surface area contributed by atoms with Gasteiger partial charge in [0.15, 0.2) is 0 Å². The molecule has 1 aromatic carbocycles. The third-order valence-corrected chi connectivity index (χ3v) is 2.38. The highest BCUT2D eigenvalue weighted by Gasteiger charge is 2.05. The van der Waals surface area contributed by atoms with Gasteiger partial charge in [0.05, 0.1) is 12.2 Å². The third kappa shape index (κ3) is 4.68. The summed E-state index contributed by atoms with van der Waals surface area (Å²) in [6, 6.07) is 7.50. The molecule has 0 unspecified atom stereocenters. The summed E-state index contributed by atoms with van der Waals surface area (Å²) < 4.78 is 5.06. The number of allylic oxidation sites excluding steroid dienone is 1. The van der Waals surface area contributed by atoms with Crippen LogP contribution in [0.3, 0.4) is 0 Å². The molecule has 2 heteroatoms. The zero-order valence-corrected chi connectivity index (χ0v) is 10.0. The first-order chi connectivity index (χ1) is 8.27. The van der Waals surface area contributed by atoms with Gasteiger partial charge in [-0.05, 0) is 37.0 Å². The van der Waals surface area contributed by atoms with Gasteiger partial charge in [-0.15, -0.1) is 13.2 Å². The van der Waals surface area contributed by atoms with Crippen molar-refractivity contribution in [2.24, 2.45) is 0 Å². The van der Waals surface area contributed by atoms with Gasteiger partial charge >= 0.3 is 5.97 Å². The number of rotatable bonds is 7. The minimum atomic E-state index is -0.276. The number of benzene rings is 1. The van der Waals surface area contributed by atoms with Gasteiger partial charge in [0.25, 0.3) is 0 Å². The Balaban J connectivity index is 2.51. The summed E-state index contributed by atoms with van der Waals surface area (Å²) in [6.07, 6.45) is 6.20. The maximum atomic E-state index is 11.6. The highest BCUT2D eigenvalue weighted by atomic mass is 16.5. The molecule has 0 bridgehead atoms. The summed E-state index contributed by atoms with van der Waals surface area (Å²) in [4.78, 5) is 11.6. The topological polar surface area (TPSA) is 26.3 Å². The van der Waals surface area contributed by atoms with Crippen molar-refractivity contribution in [2.45, 2.75) is 19.3 Å². The van der Waals surface area contributed by atoms with Crippen LogP contribution in [0, 0.1) is 0 Å². The molecule has 17 heavy (non-hydrogen) atoms. The molecule has 0 atom stereocenters. The number of carbonyl (C=O) groups excluding carboxylic acids is 1. The zero-order valence-electron chi connectivity index (χ0n) is 10.0. The fourth-order valence-corrected chi connectivity index (χ4v) is 1.39. The lowest BCUT2D eigenvalue weighted by atomic mass is 10.1. The maximum absolute atomic E-state index is 11.6. The molecule has 0 aliphatic carbocycles. The van der Waals surface area contributed by atoms with E-state index >= 15 is 0 Å². The molecule has 0 saturated heterocycles. The fraction of sp³-hybridized carbons (Fsp3) is 0.267. The summed E-state index contributed by atoms with van der Waals surface area (Å²) in [5.74, 6) is -0.276. The van der Waals surface area contributed by atoms with Crippen LogP contribution in [0.1, 0.15) is 28.8 Å². The van der Waals surface area contributed by atoms with E-state index in [9.17, 15) is 4.79 Å². The monoisotopic (exact) mass is 230 g/mol. The Bertz CT molecular complexity index is 376. The average Bonchev–Trinajstić information content (AvgIpc) is 2.37. The van der Waals surface area contributed by atoms with E-state index in [0.29, 0.717) is 18.6 Å². The number of hydrogen-bond acceptors (Lipinski definition) is 2.